The molecule has 0 saturated heterocycles. The van der Waals surface area contributed by atoms with Crippen LogP contribution in [0.25, 0.3) is 0 Å². The van der Waals surface area contributed by atoms with Crippen molar-refractivity contribution in [2.75, 3.05) is 6.54 Å². The summed E-state index contributed by atoms with van der Waals surface area (Å²) in [6.45, 7) is 0.785. The first-order valence-corrected chi connectivity index (χ1v) is 11.3. The number of aliphatic carboxylic acids is 1. The Morgan fingerprint density at radius 3 is 1.93 bits per heavy atom. The second-order valence-electron chi connectivity index (χ2n) is 9.46. The fourth-order valence-corrected chi connectivity index (χ4v) is 6.09. The molecule has 27 heavy (non-hydrogen) atoms. The fraction of sp³-hybridized carbons (Fsp3) is 0.909. The number of nitrogens with one attached hydrogen (secondary N) is 2. The molecule has 0 aromatic rings. The number of amides is 2. The zero-order chi connectivity index (χ0) is 19.1. The van der Waals surface area contributed by atoms with Crippen molar-refractivity contribution in [3.05, 3.63) is 0 Å². The van der Waals surface area contributed by atoms with Gasteiger partial charge in [-0.15, -0.1) is 0 Å². The lowest BCUT2D eigenvalue weighted by Gasteiger charge is -2.39. The summed E-state index contributed by atoms with van der Waals surface area (Å²) in [6.07, 6.45) is 17.0. The maximum absolute atomic E-state index is 12.3. The number of hydrogen-bond acceptors (Lipinski definition) is 2. The molecule has 3 N–H and O–H groups in total. The summed E-state index contributed by atoms with van der Waals surface area (Å²) in [7, 11) is 0. The number of urea groups is 1. The van der Waals surface area contributed by atoms with E-state index in [4.69, 9.17) is 5.11 Å². The number of rotatable bonds is 13. The van der Waals surface area contributed by atoms with Crippen LogP contribution in [-0.2, 0) is 4.79 Å². The van der Waals surface area contributed by atoms with Crippen LogP contribution >= 0.6 is 0 Å². The Hall–Kier alpha value is -1.26. The predicted octanol–water partition coefficient (Wildman–Crippen LogP) is 4.85. The van der Waals surface area contributed by atoms with E-state index in [0.29, 0.717) is 6.42 Å². The predicted molar refractivity (Wildman–Crippen MR) is 107 cm³/mol. The smallest absolute Gasteiger partial charge is 0.315 e. The number of hydrogen-bond donors (Lipinski definition) is 3. The molecule has 2 unspecified atom stereocenters. The Balaban J connectivity index is 1.12. The van der Waals surface area contributed by atoms with Crippen LogP contribution in [0.4, 0.5) is 4.79 Å². The van der Waals surface area contributed by atoms with Gasteiger partial charge in [-0.1, -0.05) is 44.9 Å². The molecule has 4 saturated carbocycles. The number of unbranched alkanes of at least 4 members (excludes halogenated alkanes) is 8. The van der Waals surface area contributed by atoms with Crippen molar-refractivity contribution >= 4 is 12.0 Å². The molecule has 4 bridgehead atoms. The van der Waals surface area contributed by atoms with Crippen LogP contribution in [0.1, 0.15) is 96.3 Å². The molecule has 2 amide bonds. The molecule has 154 valence electrons. The average Bonchev–Trinajstić information content (AvgIpc) is 3.01. The minimum atomic E-state index is -0.681. The van der Waals surface area contributed by atoms with Crippen LogP contribution in [0, 0.1) is 17.8 Å². The Morgan fingerprint density at radius 1 is 0.815 bits per heavy atom. The molecule has 5 heteroatoms. The molecule has 4 aliphatic carbocycles. The van der Waals surface area contributed by atoms with Gasteiger partial charge >= 0.3 is 12.0 Å². The van der Waals surface area contributed by atoms with Crippen molar-refractivity contribution in [2.24, 2.45) is 17.8 Å². The number of carboxylic acid groups (broad SMARTS) is 1. The van der Waals surface area contributed by atoms with E-state index in [2.05, 4.69) is 10.6 Å². The molecule has 4 fully saturated rings. The third-order valence-electron chi connectivity index (χ3n) is 7.16. The first kappa shape index (κ1) is 20.5. The van der Waals surface area contributed by atoms with E-state index in [1.807, 2.05) is 0 Å². The normalized spacial score (nSPS) is 30.6. The molecule has 4 aliphatic rings. The molecule has 0 heterocycles. The summed E-state index contributed by atoms with van der Waals surface area (Å²) >= 11 is 0. The quantitative estimate of drug-likeness (QED) is 0.401. The van der Waals surface area contributed by atoms with Crippen molar-refractivity contribution in [2.45, 2.75) is 102 Å². The highest BCUT2D eigenvalue weighted by atomic mass is 16.4. The summed E-state index contributed by atoms with van der Waals surface area (Å²) in [5.74, 6) is 1.97. The van der Waals surface area contributed by atoms with E-state index in [1.165, 1.54) is 64.2 Å². The van der Waals surface area contributed by atoms with Gasteiger partial charge in [0.25, 0.3) is 0 Å². The SMILES string of the molecule is O=C(O)CCCCCCCCCCCNC(=O)NC12CC3CC(C1)C(C3)C2. The molecule has 0 aromatic carbocycles. The molecule has 5 nitrogen and oxygen atoms in total. The molecule has 0 aliphatic heterocycles. The van der Waals surface area contributed by atoms with Gasteiger partial charge in [0.1, 0.15) is 0 Å². The van der Waals surface area contributed by atoms with Crippen LogP contribution in [0.2, 0.25) is 0 Å². The summed E-state index contributed by atoms with van der Waals surface area (Å²) in [5, 5.41) is 15.0. The number of carboxylic acids is 1. The summed E-state index contributed by atoms with van der Waals surface area (Å²) in [6, 6.07) is 0.0540. The Kier molecular flexibility index (Phi) is 7.42. The first-order valence-electron chi connectivity index (χ1n) is 11.3. The second kappa shape index (κ2) is 9.79. The molecule has 0 spiro atoms. The van der Waals surface area contributed by atoms with Crippen LogP contribution in [0.3, 0.4) is 0 Å². The van der Waals surface area contributed by atoms with Gasteiger partial charge in [-0.05, 0) is 62.7 Å². The van der Waals surface area contributed by atoms with Gasteiger partial charge < -0.3 is 15.7 Å². The average molecular weight is 379 g/mol. The van der Waals surface area contributed by atoms with E-state index in [1.54, 1.807) is 0 Å². The molecular weight excluding hydrogens is 340 g/mol. The zero-order valence-corrected chi connectivity index (χ0v) is 16.8. The van der Waals surface area contributed by atoms with E-state index >= 15 is 0 Å². The van der Waals surface area contributed by atoms with Gasteiger partial charge in [-0.3, -0.25) is 4.79 Å². The van der Waals surface area contributed by atoms with Crippen molar-refractivity contribution in [1.29, 1.82) is 0 Å². The Morgan fingerprint density at radius 2 is 1.37 bits per heavy atom. The lowest BCUT2D eigenvalue weighted by Crippen LogP contribution is -2.53. The third-order valence-corrected chi connectivity index (χ3v) is 7.16. The molecule has 0 radical (unpaired) electrons. The van der Waals surface area contributed by atoms with Gasteiger partial charge in [-0.25, -0.2) is 4.79 Å². The fourth-order valence-electron chi connectivity index (χ4n) is 6.09. The van der Waals surface area contributed by atoms with Crippen LogP contribution in [0.15, 0.2) is 0 Å². The second-order valence-corrected chi connectivity index (χ2v) is 9.46. The minimum absolute atomic E-state index is 0.0540. The third kappa shape index (κ3) is 6.11. The number of carbonyl (C=O) groups is 2. The summed E-state index contributed by atoms with van der Waals surface area (Å²) < 4.78 is 0. The van der Waals surface area contributed by atoms with Gasteiger partial charge in [-0.2, -0.15) is 0 Å². The highest BCUT2D eigenvalue weighted by Gasteiger charge is 2.56. The van der Waals surface area contributed by atoms with Gasteiger partial charge in [0.15, 0.2) is 0 Å². The highest BCUT2D eigenvalue weighted by Crippen LogP contribution is 2.59. The van der Waals surface area contributed by atoms with Crippen LogP contribution in [0.5, 0.6) is 0 Å². The number of carbonyl (C=O) groups excluding carboxylic acids is 1. The first-order chi connectivity index (χ1) is 13.1. The maximum atomic E-state index is 12.3. The van der Waals surface area contributed by atoms with Gasteiger partial charge in [0, 0.05) is 18.5 Å². The zero-order valence-electron chi connectivity index (χ0n) is 16.8. The molecule has 2 atom stereocenters. The van der Waals surface area contributed by atoms with E-state index in [-0.39, 0.29) is 11.6 Å². The van der Waals surface area contributed by atoms with Gasteiger partial charge in [0.2, 0.25) is 0 Å². The molecular formula is C22H38N2O3. The molecule has 0 aromatic heterocycles. The van der Waals surface area contributed by atoms with Crippen LogP contribution in [-0.4, -0.2) is 29.2 Å². The summed E-state index contributed by atoms with van der Waals surface area (Å²) in [5.41, 5.74) is 0.130. The lowest BCUT2D eigenvalue weighted by atomic mass is 9.76. The highest BCUT2D eigenvalue weighted by molar-refractivity contribution is 5.75. The standard InChI is InChI=1S/C22H38N2O3/c25-20(26)10-8-6-4-2-1-3-5-7-9-11-23-21(27)24-22-14-17-12-18(15-22)19(13-17)16-22/h17-19H,1-16H2,(H,25,26)(H2,23,24,27). The van der Waals surface area contributed by atoms with Crippen LogP contribution < -0.4 is 10.6 Å². The van der Waals surface area contributed by atoms with E-state index < -0.39 is 5.97 Å². The van der Waals surface area contributed by atoms with Crippen molar-refractivity contribution < 1.29 is 14.7 Å². The van der Waals surface area contributed by atoms with E-state index in [9.17, 15) is 9.59 Å². The monoisotopic (exact) mass is 378 g/mol. The topological polar surface area (TPSA) is 78.4 Å². The Labute approximate surface area is 164 Å². The minimum Gasteiger partial charge on any atom is -0.481 e. The maximum Gasteiger partial charge on any atom is 0.315 e. The lowest BCUT2D eigenvalue weighted by molar-refractivity contribution is -0.137. The van der Waals surface area contributed by atoms with Crippen molar-refractivity contribution in [1.82, 2.24) is 10.6 Å². The van der Waals surface area contributed by atoms with E-state index in [0.717, 1.165) is 50.0 Å². The largest absolute Gasteiger partial charge is 0.481 e. The Bertz CT molecular complexity index is 488. The van der Waals surface area contributed by atoms with Crippen molar-refractivity contribution in [3.63, 3.8) is 0 Å². The van der Waals surface area contributed by atoms with Gasteiger partial charge in [0.05, 0.1) is 0 Å². The van der Waals surface area contributed by atoms with Crippen molar-refractivity contribution in [3.8, 4) is 0 Å². The summed E-state index contributed by atoms with van der Waals surface area (Å²) in [4.78, 5) is 22.7. The molecule has 4 rings (SSSR count).